The number of nitrogens with zero attached hydrogens (tertiary/aromatic N) is 7. The molecule has 1 N–H and O–H groups in total. The normalized spacial score (nSPS) is 17.0. The Morgan fingerprint density at radius 1 is 1.00 bits per heavy atom. The summed E-state index contributed by atoms with van der Waals surface area (Å²) in [6, 6.07) is 5.76. The molecule has 0 bridgehead atoms. The van der Waals surface area contributed by atoms with Gasteiger partial charge in [-0.1, -0.05) is 0 Å². The van der Waals surface area contributed by atoms with Gasteiger partial charge in [-0.25, -0.2) is 29.9 Å². The van der Waals surface area contributed by atoms with Crippen LogP contribution >= 0.6 is 0 Å². The number of hydrogen-bond donors (Lipinski definition) is 1. The molecule has 0 aliphatic carbocycles. The number of anilines is 3. The second kappa shape index (κ2) is 7.61. The molecule has 8 heteroatoms. The van der Waals surface area contributed by atoms with Crippen LogP contribution in [0.1, 0.15) is 36.1 Å². The molecule has 0 saturated carbocycles. The van der Waals surface area contributed by atoms with E-state index in [-0.39, 0.29) is 0 Å². The first-order valence-corrected chi connectivity index (χ1v) is 9.11. The summed E-state index contributed by atoms with van der Waals surface area (Å²) in [7, 11) is 0. The molecule has 0 amide bonds. The summed E-state index contributed by atoms with van der Waals surface area (Å²) < 4.78 is 0. The molecule has 1 atom stereocenters. The molecule has 3 aromatic heterocycles. The lowest BCUT2D eigenvalue weighted by Crippen LogP contribution is -2.35. The molecular formula is C19H22N8. The molecule has 8 nitrogen and oxygen atoms in total. The molecule has 0 unspecified atom stereocenters. The van der Waals surface area contributed by atoms with Gasteiger partial charge in [-0.15, -0.1) is 0 Å². The SMILES string of the molecule is Cc1nc(Nc2ncccn2)cc([C@H]2CCCN(c3ccnc(C)n3)C2)n1. The minimum absolute atomic E-state index is 0.327. The molecule has 0 aromatic carbocycles. The van der Waals surface area contributed by atoms with Gasteiger partial charge in [0.05, 0.1) is 5.69 Å². The van der Waals surface area contributed by atoms with E-state index in [1.807, 2.05) is 32.2 Å². The zero-order chi connectivity index (χ0) is 18.6. The highest BCUT2D eigenvalue weighted by molar-refractivity contribution is 5.48. The highest BCUT2D eigenvalue weighted by Gasteiger charge is 2.24. The summed E-state index contributed by atoms with van der Waals surface area (Å²) >= 11 is 0. The van der Waals surface area contributed by atoms with Crippen molar-refractivity contribution in [3.63, 3.8) is 0 Å². The Balaban J connectivity index is 1.55. The van der Waals surface area contributed by atoms with Crippen LogP contribution in [0.15, 0.2) is 36.8 Å². The fourth-order valence-corrected chi connectivity index (χ4v) is 3.39. The molecule has 138 valence electrons. The van der Waals surface area contributed by atoms with Crippen molar-refractivity contribution in [1.29, 1.82) is 0 Å². The van der Waals surface area contributed by atoms with Crippen molar-refractivity contribution in [2.75, 3.05) is 23.3 Å². The second-order valence-electron chi connectivity index (χ2n) is 6.67. The van der Waals surface area contributed by atoms with Gasteiger partial charge < -0.3 is 10.2 Å². The Kier molecular flexibility index (Phi) is 4.86. The average molecular weight is 362 g/mol. The third-order valence-corrected chi connectivity index (χ3v) is 4.59. The van der Waals surface area contributed by atoms with Crippen LogP contribution in [0.3, 0.4) is 0 Å². The van der Waals surface area contributed by atoms with Crippen molar-refractivity contribution in [1.82, 2.24) is 29.9 Å². The first-order chi connectivity index (χ1) is 13.2. The molecule has 4 heterocycles. The minimum Gasteiger partial charge on any atom is -0.356 e. The molecular weight excluding hydrogens is 340 g/mol. The molecule has 0 radical (unpaired) electrons. The molecule has 1 saturated heterocycles. The van der Waals surface area contributed by atoms with Gasteiger partial charge in [0.25, 0.3) is 0 Å². The first-order valence-electron chi connectivity index (χ1n) is 9.11. The Morgan fingerprint density at radius 2 is 1.85 bits per heavy atom. The van der Waals surface area contributed by atoms with Crippen LogP contribution in [0.5, 0.6) is 0 Å². The molecule has 4 rings (SSSR count). The number of nitrogens with one attached hydrogen (secondary N) is 1. The minimum atomic E-state index is 0.327. The third-order valence-electron chi connectivity index (χ3n) is 4.59. The van der Waals surface area contributed by atoms with E-state index in [0.717, 1.165) is 54.9 Å². The topological polar surface area (TPSA) is 92.6 Å². The van der Waals surface area contributed by atoms with E-state index in [9.17, 15) is 0 Å². The van der Waals surface area contributed by atoms with Crippen LogP contribution in [0, 0.1) is 13.8 Å². The summed E-state index contributed by atoms with van der Waals surface area (Å²) in [6.45, 7) is 5.71. The van der Waals surface area contributed by atoms with Gasteiger partial charge in [-0.05, 0) is 38.8 Å². The number of aromatic nitrogens is 6. The zero-order valence-corrected chi connectivity index (χ0v) is 15.5. The lowest BCUT2D eigenvalue weighted by molar-refractivity contribution is 0.497. The third kappa shape index (κ3) is 4.16. The highest BCUT2D eigenvalue weighted by atomic mass is 15.2. The van der Waals surface area contributed by atoms with E-state index < -0.39 is 0 Å². The molecule has 1 aliphatic rings. The van der Waals surface area contributed by atoms with Crippen LogP contribution in [0.25, 0.3) is 0 Å². The van der Waals surface area contributed by atoms with E-state index in [1.165, 1.54) is 0 Å². The number of piperidine rings is 1. The van der Waals surface area contributed by atoms with Crippen molar-refractivity contribution in [3.8, 4) is 0 Å². The second-order valence-corrected chi connectivity index (χ2v) is 6.67. The number of hydrogen-bond acceptors (Lipinski definition) is 8. The van der Waals surface area contributed by atoms with Crippen LogP contribution in [0.4, 0.5) is 17.6 Å². The standard InChI is InChI=1S/C19H22N8/c1-13-20-9-6-18(25-13)27-10-3-5-15(12-27)16-11-17(24-14(2)23-16)26-19-21-7-4-8-22-19/h4,6-9,11,15H,3,5,10,12H2,1-2H3,(H,21,22,23,24,26)/t15-/m0/s1. The lowest BCUT2D eigenvalue weighted by Gasteiger charge is -2.33. The molecule has 3 aromatic rings. The lowest BCUT2D eigenvalue weighted by atomic mass is 9.94. The van der Waals surface area contributed by atoms with Crippen LogP contribution in [-0.2, 0) is 0 Å². The van der Waals surface area contributed by atoms with Gasteiger partial charge in [-0.3, -0.25) is 0 Å². The molecule has 1 fully saturated rings. The van der Waals surface area contributed by atoms with Crippen LogP contribution in [0.2, 0.25) is 0 Å². The van der Waals surface area contributed by atoms with Gasteiger partial charge >= 0.3 is 0 Å². The predicted molar refractivity (Wildman–Crippen MR) is 103 cm³/mol. The fraction of sp³-hybridized carbons (Fsp3) is 0.368. The van der Waals surface area contributed by atoms with E-state index in [1.54, 1.807) is 18.5 Å². The molecule has 27 heavy (non-hydrogen) atoms. The molecule has 1 aliphatic heterocycles. The number of rotatable bonds is 4. The van der Waals surface area contributed by atoms with E-state index in [4.69, 9.17) is 4.98 Å². The fourth-order valence-electron chi connectivity index (χ4n) is 3.39. The first kappa shape index (κ1) is 17.3. The van der Waals surface area contributed by atoms with E-state index >= 15 is 0 Å². The number of aryl methyl sites for hydroxylation is 2. The largest absolute Gasteiger partial charge is 0.356 e. The summed E-state index contributed by atoms with van der Waals surface area (Å²) in [6.07, 6.45) is 7.41. The maximum absolute atomic E-state index is 4.69. The monoisotopic (exact) mass is 362 g/mol. The van der Waals surface area contributed by atoms with Crippen molar-refractivity contribution < 1.29 is 0 Å². The zero-order valence-electron chi connectivity index (χ0n) is 15.5. The van der Waals surface area contributed by atoms with E-state index in [2.05, 4.69) is 35.1 Å². The Morgan fingerprint density at radius 3 is 2.67 bits per heavy atom. The Bertz CT molecular complexity index is 915. The van der Waals surface area contributed by atoms with Gasteiger partial charge in [0.1, 0.15) is 23.3 Å². The predicted octanol–water partition coefficient (Wildman–Crippen LogP) is 2.80. The van der Waals surface area contributed by atoms with Crippen LogP contribution < -0.4 is 10.2 Å². The molecule has 0 spiro atoms. The van der Waals surface area contributed by atoms with Crippen molar-refractivity contribution >= 4 is 17.6 Å². The summed E-state index contributed by atoms with van der Waals surface area (Å²) in [5.41, 5.74) is 1.04. The summed E-state index contributed by atoms with van der Waals surface area (Å²) in [5, 5.41) is 3.17. The van der Waals surface area contributed by atoms with Gasteiger partial charge in [0.15, 0.2) is 0 Å². The van der Waals surface area contributed by atoms with Crippen molar-refractivity contribution in [3.05, 3.63) is 54.1 Å². The Labute approximate surface area is 158 Å². The summed E-state index contributed by atoms with van der Waals surface area (Å²) in [4.78, 5) is 28.7. The van der Waals surface area contributed by atoms with Crippen molar-refractivity contribution in [2.45, 2.75) is 32.6 Å². The van der Waals surface area contributed by atoms with Gasteiger partial charge in [0.2, 0.25) is 5.95 Å². The van der Waals surface area contributed by atoms with E-state index in [0.29, 0.717) is 11.9 Å². The van der Waals surface area contributed by atoms with Crippen LogP contribution in [-0.4, -0.2) is 43.0 Å². The maximum Gasteiger partial charge on any atom is 0.228 e. The highest BCUT2D eigenvalue weighted by Crippen LogP contribution is 2.29. The summed E-state index contributed by atoms with van der Waals surface area (Å²) in [5.74, 6) is 4.09. The average Bonchev–Trinajstić information content (AvgIpc) is 2.68. The maximum atomic E-state index is 4.69. The van der Waals surface area contributed by atoms with Gasteiger partial charge in [-0.2, -0.15) is 0 Å². The Hall–Kier alpha value is -3.16. The smallest absolute Gasteiger partial charge is 0.228 e. The van der Waals surface area contributed by atoms with Gasteiger partial charge in [0, 0.05) is 43.7 Å². The quantitative estimate of drug-likeness (QED) is 0.757. The van der Waals surface area contributed by atoms with Crippen molar-refractivity contribution in [2.24, 2.45) is 0 Å².